The molecule has 2 fully saturated rings. The molecule has 0 bridgehead atoms. The van der Waals surface area contributed by atoms with Gasteiger partial charge in [-0.2, -0.15) is 0 Å². The van der Waals surface area contributed by atoms with Gasteiger partial charge in [-0.05, 0) is 82.1 Å². The molecule has 0 spiro atoms. The van der Waals surface area contributed by atoms with Crippen LogP contribution in [0.15, 0.2) is 54.6 Å². The van der Waals surface area contributed by atoms with E-state index in [9.17, 15) is 9.18 Å². The highest BCUT2D eigenvalue weighted by atomic mass is 19.1. The Hall–Kier alpha value is -2.44. The van der Waals surface area contributed by atoms with Crippen molar-refractivity contribution >= 4 is 6.09 Å². The van der Waals surface area contributed by atoms with Crippen molar-refractivity contribution in [1.29, 1.82) is 0 Å². The molecule has 1 N–H and O–H groups in total. The molecular formula is C30H41FN2O3. The van der Waals surface area contributed by atoms with Gasteiger partial charge >= 0.3 is 6.09 Å². The van der Waals surface area contributed by atoms with Crippen LogP contribution in [0.25, 0.3) is 0 Å². The predicted octanol–water partition coefficient (Wildman–Crippen LogP) is 6.28. The van der Waals surface area contributed by atoms with Gasteiger partial charge in [0.15, 0.2) is 0 Å². The zero-order valence-electron chi connectivity index (χ0n) is 21.9. The molecule has 5 nitrogen and oxygen atoms in total. The van der Waals surface area contributed by atoms with Crippen molar-refractivity contribution in [2.75, 3.05) is 19.7 Å². The van der Waals surface area contributed by atoms with Crippen molar-refractivity contribution in [2.24, 2.45) is 5.92 Å². The smallest absolute Gasteiger partial charge is 0.407 e. The van der Waals surface area contributed by atoms with Crippen molar-refractivity contribution in [3.05, 3.63) is 71.5 Å². The maximum Gasteiger partial charge on any atom is 0.407 e. The number of rotatable bonds is 7. The van der Waals surface area contributed by atoms with Crippen molar-refractivity contribution in [1.82, 2.24) is 10.2 Å². The second-order valence-electron chi connectivity index (χ2n) is 11.4. The summed E-state index contributed by atoms with van der Waals surface area (Å²) in [7, 11) is 0. The number of piperidine rings is 1. The summed E-state index contributed by atoms with van der Waals surface area (Å²) in [5, 5.41) is 3.13. The first-order chi connectivity index (χ1) is 17.2. The van der Waals surface area contributed by atoms with E-state index >= 15 is 0 Å². The molecule has 1 heterocycles. The lowest BCUT2D eigenvalue weighted by Crippen LogP contribution is -2.53. The molecule has 1 amide bonds. The Kier molecular flexibility index (Phi) is 9.02. The van der Waals surface area contributed by atoms with Crippen LogP contribution in [0.4, 0.5) is 9.18 Å². The molecule has 4 rings (SSSR count). The SMILES string of the molecule is CC(C)(C)OC(=O)NC1CCN(Cc2ccccc2)C[C@H]1COC1CCC(c2cccc(F)c2)CC1. The number of hydrogen-bond donors (Lipinski definition) is 1. The third kappa shape index (κ3) is 8.04. The largest absolute Gasteiger partial charge is 0.444 e. The number of hydrogen-bond acceptors (Lipinski definition) is 4. The Labute approximate surface area is 215 Å². The highest BCUT2D eigenvalue weighted by Crippen LogP contribution is 2.34. The first-order valence-corrected chi connectivity index (χ1v) is 13.4. The van der Waals surface area contributed by atoms with Gasteiger partial charge in [0.05, 0.1) is 12.7 Å². The molecular weight excluding hydrogens is 455 g/mol. The quantitative estimate of drug-likeness (QED) is 0.490. The molecule has 2 atom stereocenters. The summed E-state index contributed by atoms with van der Waals surface area (Å²) in [6.45, 7) is 8.95. The molecule has 1 aliphatic heterocycles. The molecule has 1 unspecified atom stereocenters. The lowest BCUT2D eigenvalue weighted by molar-refractivity contribution is -0.0220. The van der Waals surface area contributed by atoms with E-state index in [4.69, 9.17) is 9.47 Å². The third-order valence-corrected chi connectivity index (χ3v) is 7.31. The molecule has 2 aromatic rings. The minimum Gasteiger partial charge on any atom is -0.444 e. The minimum atomic E-state index is -0.523. The van der Waals surface area contributed by atoms with Gasteiger partial charge in [-0.15, -0.1) is 0 Å². The van der Waals surface area contributed by atoms with Crippen LogP contribution in [-0.2, 0) is 16.0 Å². The second kappa shape index (κ2) is 12.2. The van der Waals surface area contributed by atoms with E-state index < -0.39 is 5.60 Å². The summed E-state index contributed by atoms with van der Waals surface area (Å²) in [4.78, 5) is 15.0. The first-order valence-electron chi connectivity index (χ1n) is 13.4. The maximum absolute atomic E-state index is 13.6. The van der Waals surface area contributed by atoms with Crippen LogP contribution >= 0.6 is 0 Å². The molecule has 0 aromatic heterocycles. The Morgan fingerprint density at radius 3 is 2.47 bits per heavy atom. The van der Waals surface area contributed by atoms with E-state index in [2.05, 4.69) is 34.5 Å². The number of benzene rings is 2. The molecule has 2 aliphatic rings. The van der Waals surface area contributed by atoms with Crippen LogP contribution in [0.5, 0.6) is 0 Å². The summed E-state index contributed by atoms with van der Waals surface area (Å²) >= 11 is 0. The highest BCUT2D eigenvalue weighted by Gasteiger charge is 2.33. The highest BCUT2D eigenvalue weighted by molar-refractivity contribution is 5.68. The maximum atomic E-state index is 13.6. The van der Waals surface area contributed by atoms with Crippen LogP contribution in [0.1, 0.15) is 69.9 Å². The van der Waals surface area contributed by atoms with Crippen LogP contribution in [0.3, 0.4) is 0 Å². The molecule has 6 heteroatoms. The number of carbonyl (C=O) groups excluding carboxylic acids is 1. The van der Waals surface area contributed by atoms with Gasteiger partial charge in [-0.1, -0.05) is 42.5 Å². The number of alkyl carbamates (subject to hydrolysis) is 1. The van der Waals surface area contributed by atoms with Gasteiger partial charge in [0.2, 0.25) is 0 Å². The summed E-state index contributed by atoms with van der Waals surface area (Å²) in [5.41, 5.74) is 1.87. The van der Waals surface area contributed by atoms with Gasteiger partial charge in [0, 0.05) is 31.6 Å². The number of halogens is 1. The summed E-state index contributed by atoms with van der Waals surface area (Å²) in [5.74, 6) is 0.431. The fourth-order valence-corrected chi connectivity index (χ4v) is 5.49. The number of amides is 1. The fraction of sp³-hybridized carbons (Fsp3) is 0.567. The van der Waals surface area contributed by atoms with E-state index in [1.165, 1.54) is 11.6 Å². The van der Waals surface area contributed by atoms with Crippen LogP contribution in [0, 0.1) is 11.7 Å². The average Bonchev–Trinajstić information content (AvgIpc) is 2.84. The number of nitrogens with zero attached hydrogens (tertiary/aromatic N) is 1. The lowest BCUT2D eigenvalue weighted by atomic mass is 9.82. The number of nitrogens with one attached hydrogen (secondary N) is 1. The van der Waals surface area contributed by atoms with E-state index in [-0.39, 0.29) is 30.0 Å². The zero-order chi connectivity index (χ0) is 25.5. The Bertz CT molecular complexity index is 970. The average molecular weight is 497 g/mol. The number of ether oxygens (including phenoxy) is 2. The van der Waals surface area contributed by atoms with Gasteiger partial charge in [-0.3, -0.25) is 4.90 Å². The standard InChI is InChI=1S/C30H41FN2O3/c1-30(2,3)36-29(34)32-28-16-17-33(19-22-8-5-4-6-9-22)20-25(28)21-35-27-14-12-23(13-15-27)24-10-7-11-26(31)18-24/h4-11,18,23,25,27-28H,12-17,19-21H2,1-3H3,(H,32,34)/t23?,25-,27?,28?/m0/s1. The summed E-state index contributed by atoms with van der Waals surface area (Å²) in [6.07, 6.45) is 4.70. The third-order valence-electron chi connectivity index (χ3n) is 7.31. The Balaban J connectivity index is 1.32. The molecule has 196 valence electrons. The van der Waals surface area contributed by atoms with Crippen LogP contribution in [0.2, 0.25) is 0 Å². The first kappa shape index (κ1) is 26.6. The van der Waals surface area contributed by atoms with E-state index in [0.29, 0.717) is 12.5 Å². The summed E-state index contributed by atoms with van der Waals surface area (Å²) in [6, 6.07) is 17.5. The van der Waals surface area contributed by atoms with Crippen molar-refractivity contribution in [2.45, 2.75) is 83.1 Å². The van der Waals surface area contributed by atoms with Crippen molar-refractivity contribution in [3.8, 4) is 0 Å². The van der Waals surface area contributed by atoms with Gasteiger partial charge < -0.3 is 14.8 Å². The van der Waals surface area contributed by atoms with E-state index in [0.717, 1.165) is 57.3 Å². The Morgan fingerprint density at radius 2 is 1.78 bits per heavy atom. The van der Waals surface area contributed by atoms with Gasteiger partial charge in [0.1, 0.15) is 11.4 Å². The number of carbonyl (C=O) groups is 1. The molecule has 0 radical (unpaired) electrons. The van der Waals surface area contributed by atoms with E-state index in [1.807, 2.05) is 32.9 Å². The molecule has 1 aliphatic carbocycles. The normalized spacial score (nSPS) is 25.3. The van der Waals surface area contributed by atoms with Crippen molar-refractivity contribution in [3.63, 3.8) is 0 Å². The van der Waals surface area contributed by atoms with Gasteiger partial charge in [-0.25, -0.2) is 9.18 Å². The topological polar surface area (TPSA) is 50.8 Å². The van der Waals surface area contributed by atoms with Crippen LogP contribution < -0.4 is 5.32 Å². The van der Waals surface area contributed by atoms with Crippen LogP contribution in [-0.4, -0.2) is 48.4 Å². The molecule has 2 aromatic carbocycles. The minimum absolute atomic E-state index is 0.0236. The van der Waals surface area contributed by atoms with Crippen molar-refractivity contribution < 1.29 is 18.7 Å². The lowest BCUT2D eigenvalue weighted by Gasteiger charge is -2.40. The zero-order valence-corrected chi connectivity index (χ0v) is 21.9. The second-order valence-corrected chi connectivity index (χ2v) is 11.4. The fourth-order valence-electron chi connectivity index (χ4n) is 5.49. The summed E-state index contributed by atoms with van der Waals surface area (Å²) < 4.78 is 25.6. The molecule has 1 saturated carbocycles. The van der Waals surface area contributed by atoms with Gasteiger partial charge in [0.25, 0.3) is 0 Å². The predicted molar refractivity (Wildman–Crippen MR) is 140 cm³/mol. The van der Waals surface area contributed by atoms with E-state index in [1.54, 1.807) is 12.1 Å². The Morgan fingerprint density at radius 1 is 1.03 bits per heavy atom. The molecule has 36 heavy (non-hydrogen) atoms. The number of likely N-dealkylation sites (tertiary alicyclic amines) is 1. The molecule has 1 saturated heterocycles. The monoisotopic (exact) mass is 496 g/mol.